The molecular formula is C17H22N2S. The maximum absolute atomic E-state index is 5.88. The van der Waals surface area contributed by atoms with Crippen molar-refractivity contribution in [1.82, 2.24) is 4.98 Å². The zero-order chi connectivity index (χ0) is 14.2. The molecule has 0 bridgehead atoms. The summed E-state index contributed by atoms with van der Waals surface area (Å²) in [5.41, 5.74) is 8.67. The first-order valence-corrected chi connectivity index (χ1v) is 8.16. The highest BCUT2D eigenvalue weighted by molar-refractivity contribution is 7.11. The van der Waals surface area contributed by atoms with Gasteiger partial charge in [0.25, 0.3) is 0 Å². The summed E-state index contributed by atoms with van der Waals surface area (Å²) in [6.45, 7) is 5.03. The van der Waals surface area contributed by atoms with Crippen LogP contribution in [0.15, 0.2) is 30.3 Å². The van der Waals surface area contributed by atoms with E-state index in [2.05, 4.69) is 44.2 Å². The van der Waals surface area contributed by atoms with E-state index < -0.39 is 0 Å². The van der Waals surface area contributed by atoms with Crippen LogP contribution in [0.4, 0.5) is 0 Å². The lowest BCUT2D eigenvalue weighted by atomic mass is 9.85. The molecule has 1 aliphatic rings. The van der Waals surface area contributed by atoms with Crippen LogP contribution in [0, 0.1) is 0 Å². The third kappa shape index (κ3) is 2.52. The third-order valence-corrected chi connectivity index (χ3v) is 5.79. The van der Waals surface area contributed by atoms with Gasteiger partial charge in [0.1, 0.15) is 0 Å². The Balaban J connectivity index is 1.85. The molecule has 1 atom stereocenters. The summed E-state index contributed by atoms with van der Waals surface area (Å²) in [4.78, 5) is 6.33. The Hall–Kier alpha value is -1.19. The average Bonchev–Trinajstić information content (AvgIpc) is 2.92. The number of benzene rings is 1. The molecule has 3 rings (SSSR count). The zero-order valence-corrected chi connectivity index (χ0v) is 13.0. The molecule has 0 radical (unpaired) electrons. The highest BCUT2D eigenvalue weighted by atomic mass is 32.1. The van der Waals surface area contributed by atoms with Gasteiger partial charge >= 0.3 is 0 Å². The van der Waals surface area contributed by atoms with Crippen LogP contribution in [-0.4, -0.2) is 11.5 Å². The van der Waals surface area contributed by atoms with Crippen molar-refractivity contribution in [3.63, 3.8) is 0 Å². The van der Waals surface area contributed by atoms with E-state index in [-0.39, 0.29) is 5.41 Å². The molecule has 1 unspecified atom stereocenters. The Morgan fingerprint density at radius 3 is 2.75 bits per heavy atom. The number of rotatable bonds is 3. The summed E-state index contributed by atoms with van der Waals surface area (Å²) in [6, 6.07) is 10.9. The van der Waals surface area contributed by atoms with Gasteiger partial charge in [-0.1, -0.05) is 44.2 Å². The van der Waals surface area contributed by atoms with Gasteiger partial charge in [-0.05, 0) is 30.7 Å². The lowest BCUT2D eigenvalue weighted by Gasteiger charge is -2.21. The SMILES string of the molecule is CC(C)(CN)c1nc2c(s1)CC(c1ccccc1)CC2. The summed E-state index contributed by atoms with van der Waals surface area (Å²) in [6.07, 6.45) is 3.45. The van der Waals surface area contributed by atoms with Crippen molar-refractivity contribution in [3.8, 4) is 0 Å². The Kier molecular flexibility index (Phi) is 3.65. The minimum atomic E-state index is 0.00422. The van der Waals surface area contributed by atoms with Gasteiger partial charge in [-0.25, -0.2) is 4.98 Å². The van der Waals surface area contributed by atoms with Gasteiger partial charge < -0.3 is 5.73 Å². The number of aromatic nitrogens is 1. The number of thiazole rings is 1. The molecular weight excluding hydrogens is 264 g/mol. The number of hydrogen-bond acceptors (Lipinski definition) is 3. The lowest BCUT2D eigenvalue weighted by Crippen LogP contribution is -2.27. The van der Waals surface area contributed by atoms with Crippen molar-refractivity contribution < 1.29 is 0 Å². The van der Waals surface area contributed by atoms with E-state index in [0.717, 1.165) is 12.8 Å². The van der Waals surface area contributed by atoms with Crippen molar-refractivity contribution in [2.45, 2.75) is 44.4 Å². The van der Waals surface area contributed by atoms with Crippen LogP contribution >= 0.6 is 11.3 Å². The van der Waals surface area contributed by atoms with E-state index in [4.69, 9.17) is 10.7 Å². The smallest absolute Gasteiger partial charge is 0.1000 e. The second-order valence-electron chi connectivity index (χ2n) is 6.33. The molecule has 0 saturated heterocycles. The third-order valence-electron chi connectivity index (χ3n) is 4.30. The minimum absolute atomic E-state index is 0.00422. The van der Waals surface area contributed by atoms with E-state index in [1.807, 2.05) is 11.3 Å². The summed E-state index contributed by atoms with van der Waals surface area (Å²) < 4.78 is 0. The summed E-state index contributed by atoms with van der Waals surface area (Å²) in [5.74, 6) is 0.651. The molecule has 0 saturated carbocycles. The average molecular weight is 286 g/mol. The predicted octanol–water partition coefficient (Wildman–Crippen LogP) is 3.65. The van der Waals surface area contributed by atoms with Crippen molar-refractivity contribution in [2.75, 3.05) is 6.54 Å². The minimum Gasteiger partial charge on any atom is -0.330 e. The number of nitrogens with two attached hydrogens (primary N) is 1. The lowest BCUT2D eigenvalue weighted by molar-refractivity contribution is 0.530. The van der Waals surface area contributed by atoms with Crippen molar-refractivity contribution in [3.05, 3.63) is 51.5 Å². The number of nitrogens with zero attached hydrogens (tertiary/aromatic N) is 1. The van der Waals surface area contributed by atoms with Gasteiger partial charge in [-0.3, -0.25) is 0 Å². The van der Waals surface area contributed by atoms with E-state index >= 15 is 0 Å². The molecule has 2 N–H and O–H groups in total. The van der Waals surface area contributed by atoms with Crippen LogP contribution in [0.5, 0.6) is 0 Å². The van der Waals surface area contributed by atoms with Gasteiger partial charge in [0.15, 0.2) is 0 Å². The van der Waals surface area contributed by atoms with Crippen molar-refractivity contribution in [2.24, 2.45) is 5.73 Å². The van der Waals surface area contributed by atoms with E-state index in [1.165, 1.54) is 27.6 Å². The van der Waals surface area contributed by atoms with E-state index in [1.54, 1.807) is 0 Å². The molecule has 0 fully saturated rings. The van der Waals surface area contributed by atoms with E-state index in [0.29, 0.717) is 12.5 Å². The molecule has 0 aliphatic heterocycles. The predicted molar refractivity (Wildman–Crippen MR) is 85.4 cm³/mol. The summed E-state index contributed by atoms with van der Waals surface area (Å²) in [7, 11) is 0. The van der Waals surface area contributed by atoms with Gasteiger partial charge in [-0.15, -0.1) is 11.3 Å². The van der Waals surface area contributed by atoms with Crippen LogP contribution in [0.1, 0.15) is 47.3 Å². The molecule has 1 aliphatic carbocycles. The Bertz CT molecular complexity index is 586. The topological polar surface area (TPSA) is 38.9 Å². The molecule has 2 nitrogen and oxygen atoms in total. The van der Waals surface area contributed by atoms with Crippen LogP contribution in [0.3, 0.4) is 0 Å². The first-order chi connectivity index (χ1) is 9.60. The Labute approximate surface area is 125 Å². The molecule has 0 spiro atoms. The standard InChI is InChI=1S/C17H22N2S/c1-17(2,11-18)16-19-14-9-8-13(10-15(14)20-16)12-6-4-3-5-7-12/h3-7,13H,8-11,18H2,1-2H3. The largest absolute Gasteiger partial charge is 0.330 e. The fourth-order valence-electron chi connectivity index (χ4n) is 2.76. The number of fused-ring (bicyclic) bond motifs is 1. The second kappa shape index (κ2) is 5.30. The molecule has 2 aromatic rings. The van der Waals surface area contributed by atoms with Crippen LogP contribution in [-0.2, 0) is 18.3 Å². The number of hydrogen-bond donors (Lipinski definition) is 1. The van der Waals surface area contributed by atoms with Crippen molar-refractivity contribution >= 4 is 11.3 Å². The van der Waals surface area contributed by atoms with Gasteiger partial charge in [-0.2, -0.15) is 0 Å². The molecule has 0 amide bonds. The number of aryl methyl sites for hydroxylation is 1. The Morgan fingerprint density at radius 2 is 2.05 bits per heavy atom. The first-order valence-electron chi connectivity index (χ1n) is 7.34. The molecule has 1 heterocycles. The molecule has 106 valence electrons. The first kappa shape index (κ1) is 13.8. The van der Waals surface area contributed by atoms with E-state index in [9.17, 15) is 0 Å². The van der Waals surface area contributed by atoms with Crippen LogP contribution < -0.4 is 5.73 Å². The van der Waals surface area contributed by atoms with Crippen molar-refractivity contribution in [1.29, 1.82) is 0 Å². The fourth-order valence-corrected chi connectivity index (χ4v) is 4.06. The maximum Gasteiger partial charge on any atom is 0.1000 e. The Morgan fingerprint density at radius 1 is 1.30 bits per heavy atom. The molecule has 1 aromatic heterocycles. The highest BCUT2D eigenvalue weighted by Gasteiger charge is 2.28. The van der Waals surface area contributed by atoms with Crippen LogP contribution in [0.25, 0.3) is 0 Å². The normalized spacial score (nSPS) is 18.9. The van der Waals surface area contributed by atoms with Gasteiger partial charge in [0, 0.05) is 16.8 Å². The maximum atomic E-state index is 5.88. The van der Waals surface area contributed by atoms with Crippen LogP contribution in [0.2, 0.25) is 0 Å². The molecule has 3 heteroatoms. The summed E-state index contributed by atoms with van der Waals surface area (Å²) >= 11 is 1.87. The zero-order valence-electron chi connectivity index (χ0n) is 12.2. The van der Waals surface area contributed by atoms with Gasteiger partial charge in [0.05, 0.1) is 10.7 Å². The van der Waals surface area contributed by atoms with Gasteiger partial charge in [0.2, 0.25) is 0 Å². The second-order valence-corrected chi connectivity index (χ2v) is 7.41. The fraction of sp³-hybridized carbons (Fsp3) is 0.471. The highest BCUT2D eigenvalue weighted by Crippen LogP contribution is 2.38. The monoisotopic (exact) mass is 286 g/mol. The quantitative estimate of drug-likeness (QED) is 0.935. The molecule has 1 aromatic carbocycles. The molecule has 20 heavy (non-hydrogen) atoms. The summed E-state index contributed by atoms with van der Waals surface area (Å²) in [5, 5.41) is 1.21.